The normalized spacial score (nSPS) is 11.6. The highest BCUT2D eigenvalue weighted by molar-refractivity contribution is 5.85. The predicted molar refractivity (Wildman–Crippen MR) is 75.4 cm³/mol. The number of anilines is 1. The van der Waals surface area contributed by atoms with Gasteiger partial charge in [0, 0.05) is 37.5 Å². The zero-order valence-electron chi connectivity index (χ0n) is 11.8. The van der Waals surface area contributed by atoms with E-state index in [0.717, 1.165) is 0 Å². The fourth-order valence-electron chi connectivity index (χ4n) is 1.96. The van der Waals surface area contributed by atoms with Gasteiger partial charge < -0.3 is 5.32 Å². The number of nitrogens with one attached hydrogen (secondary N) is 1. The lowest BCUT2D eigenvalue weighted by Gasteiger charge is -2.13. The molecule has 0 saturated heterocycles. The van der Waals surface area contributed by atoms with Crippen molar-refractivity contribution in [3.63, 3.8) is 0 Å². The van der Waals surface area contributed by atoms with Crippen molar-refractivity contribution in [1.82, 2.24) is 19.6 Å². The monoisotopic (exact) mass is 323 g/mol. The van der Waals surface area contributed by atoms with Gasteiger partial charge in [-0.3, -0.25) is 4.68 Å². The minimum atomic E-state index is -4.45. The van der Waals surface area contributed by atoms with E-state index in [2.05, 4.69) is 15.5 Å². The summed E-state index contributed by atoms with van der Waals surface area (Å²) in [5, 5.41) is 10.5. The average Bonchev–Trinajstić information content (AvgIpc) is 2.91. The van der Waals surface area contributed by atoms with E-state index < -0.39 is 11.9 Å². The van der Waals surface area contributed by atoms with Gasteiger partial charge in [-0.05, 0) is 13.8 Å². The van der Waals surface area contributed by atoms with Crippen LogP contribution >= 0.6 is 12.4 Å². The van der Waals surface area contributed by atoms with Crippen molar-refractivity contribution in [3.05, 3.63) is 29.7 Å². The zero-order chi connectivity index (χ0) is 14.9. The molecule has 2 rings (SSSR count). The quantitative estimate of drug-likeness (QED) is 0.939. The van der Waals surface area contributed by atoms with Crippen LogP contribution in [0, 0.1) is 0 Å². The summed E-state index contributed by atoms with van der Waals surface area (Å²) in [6.07, 6.45) is -1.47. The molecule has 0 unspecified atom stereocenters. The molecule has 118 valence electrons. The maximum Gasteiger partial charge on any atom is 0.435 e. The van der Waals surface area contributed by atoms with Crippen molar-refractivity contribution in [2.75, 3.05) is 5.32 Å². The summed E-state index contributed by atoms with van der Waals surface area (Å²) < 4.78 is 41.3. The first-order valence-corrected chi connectivity index (χ1v) is 6.16. The number of aromatic nitrogens is 4. The molecule has 0 amide bonds. The Labute approximate surface area is 126 Å². The highest BCUT2D eigenvalue weighted by atomic mass is 35.5. The summed E-state index contributed by atoms with van der Waals surface area (Å²) in [4.78, 5) is 0. The predicted octanol–water partition coefficient (Wildman–Crippen LogP) is 3.25. The van der Waals surface area contributed by atoms with Crippen molar-refractivity contribution in [2.24, 2.45) is 7.05 Å². The van der Waals surface area contributed by atoms with Crippen LogP contribution in [0.2, 0.25) is 0 Å². The van der Waals surface area contributed by atoms with Gasteiger partial charge >= 0.3 is 6.18 Å². The first-order chi connectivity index (χ1) is 9.29. The topological polar surface area (TPSA) is 47.7 Å². The molecule has 0 spiro atoms. The zero-order valence-corrected chi connectivity index (χ0v) is 12.7. The van der Waals surface area contributed by atoms with E-state index in [0.29, 0.717) is 5.82 Å². The van der Waals surface area contributed by atoms with E-state index in [1.54, 1.807) is 16.9 Å². The largest absolute Gasteiger partial charge is 0.435 e. The van der Waals surface area contributed by atoms with Crippen LogP contribution in [0.1, 0.15) is 31.1 Å². The van der Waals surface area contributed by atoms with Gasteiger partial charge in [0.15, 0.2) is 5.69 Å². The Kier molecular flexibility index (Phi) is 5.27. The second-order valence-corrected chi connectivity index (χ2v) is 4.78. The molecule has 2 aromatic rings. The molecule has 0 aliphatic heterocycles. The second-order valence-electron chi connectivity index (χ2n) is 4.78. The molecule has 0 aromatic carbocycles. The summed E-state index contributed by atoms with van der Waals surface area (Å²) in [6.45, 7) is 3.94. The molecule has 0 atom stereocenters. The SMILES string of the molecule is CC(C)n1nccc1NCc1cn(C)nc1C(F)(F)F.Cl. The van der Waals surface area contributed by atoms with Crippen LogP contribution in [0.5, 0.6) is 0 Å². The van der Waals surface area contributed by atoms with Gasteiger partial charge in [0.25, 0.3) is 0 Å². The lowest BCUT2D eigenvalue weighted by molar-refractivity contribution is -0.142. The molecule has 0 saturated carbocycles. The van der Waals surface area contributed by atoms with Crippen LogP contribution in [-0.2, 0) is 19.8 Å². The molecule has 5 nitrogen and oxygen atoms in total. The Balaban J connectivity index is 0.00000220. The van der Waals surface area contributed by atoms with Gasteiger partial charge in [0.05, 0.1) is 6.20 Å². The highest BCUT2D eigenvalue weighted by Gasteiger charge is 2.36. The third kappa shape index (κ3) is 3.90. The molecule has 2 aromatic heterocycles. The summed E-state index contributed by atoms with van der Waals surface area (Å²) in [5.41, 5.74) is -0.750. The summed E-state index contributed by atoms with van der Waals surface area (Å²) in [6, 6.07) is 1.85. The fourth-order valence-corrected chi connectivity index (χ4v) is 1.96. The average molecular weight is 324 g/mol. The van der Waals surface area contributed by atoms with Gasteiger partial charge in [-0.1, -0.05) is 0 Å². The van der Waals surface area contributed by atoms with Crippen molar-refractivity contribution in [3.8, 4) is 0 Å². The van der Waals surface area contributed by atoms with Crippen LogP contribution in [0.4, 0.5) is 19.0 Å². The number of nitrogens with zero attached hydrogens (tertiary/aromatic N) is 4. The van der Waals surface area contributed by atoms with Crippen molar-refractivity contribution >= 4 is 18.2 Å². The molecular weight excluding hydrogens is 307 g/mol. The van der Waals surface area contributed by atoms with E-state index in [4.69, 9.17) is 0 Å². The van der Waals surface area contributed by atoms with Crippen LogP contribution in [0.25, 0.3) is 0 Å². The number of hydrogen-bond acceptors (Lipinski definition) is 3. The van der Waals surface area contributed by atoms with Crippen LogP contribution < -0.4 is 5.32 Å². The Morgan fingerprint density at radius 1 is 1.33 bits per heavy atom. The maximum atomic E-state index is 12.8. The van der Waals surface area contributed by atoms with Gasteiger partial charge in [-0.2, -0.15) is 23.4 Å². The lowest BCUT2D eigenvalue weighted by atomic mass is 10.2. The fraction of sp³-hybridized carbons (Fsp3) is 0.500. The summed E-state index contributed by atoms with van der Waals surface area (Å²) in [7, 11) is 1.47. The molecule has 1 N–H and O–H groups in total. The molecule has 0 fully saturated rings. The van der Waals surface area contributed by atoms with Crippen LogP contribution in [0.3, 0.4) is 0 Å². The standard InChI is InChI=1S/C12H16F3N5.ClH/c1-8(2)20-10(4-5-17-20)16-6-9-7-19(3)18-11(9)12(13,14)15;/h4-5,7-8,16H,6H2,1-3H3;1H. The molecule has 2 heterocycles. The molecular formula is C12H17ClF3N5. The van der Waals surface area contributed by atoms with E-state index >= 15 is 0 Å². The third-order valence-electron chi connectivity index (χ3n) is 2.79. The Bertz CT molecular complexity index is 588. The molecule has 0 radical (unpaired) electrons. The van der Waals surface area contributed by atoms with Gasteiger partial charge in [0.1, 0.15) is 5.82 Å². The van der Waals surface area contributed by atoms with Crippen molar-refractivity contribution in [1.29, 1.82) is 0 Å². The smallest absolute Gasteiger partial charge is 0.366 e. The third-order valence-corrected chi connectivity index (χ3v) is 2.79. The van der Waals surface area contributed by atoms with E-state index in [1.807, 2.05) is 13.8 Å². The molecule has 21 heavy (non-hydrogen) atoms. The lowest BCUT2D eigenvalue weighted by Crippen LogP contribution is -2.13. The van der Waals surface area contributed by atoms with Crippen LogP contribution in [0.15, 0.2) is 18.5 Å². The first-order valence-electron chi connectivity index (χ1n) is 6.16. The maximum absolute atomic E-state index is 12.8. The second kappa shape index (κ2) is 6.38. The van der Waals surface area contributed by atoms with E-state index in [1.165, 1.54) is 17.9 Å². The number of hydrogen-bond donors (Lipinski definition) is 1. The first kappa shape index (κ1) is 17.4. The van der Waals surface area contributed by atoms with Crippen molar-refractivity contribution in [2.45, 2.75) is 32.6 Å². The van der Waals surface area contributed by atoms with Crippen molar-refractivity contribution < 1.29 is 13.2 Å². The van der Waals surface area contributed by atoms with Gasteiger partial charge in [0.2, 0.25) is 0 Å². The molecule has 0 bridgehead atoms. The van der Waals surface area contributed by atoms with Gasteiger partial charge in [-0.25, -0.2) is 4.68 Å². The highest BCUT2D eigenvalue weighted by Crippen LogP contribution is 2.30. The van der Waals surface area contributed by atoms with E-state index in [9.17, 15) is 13.2 Å². The number of alkyl halides is 3. The number of aryl methyl sites for hydroxylation is 1. The minimum Gasteiger partial charge on any atom is -0.366 e. The number of rotatable bonds is 4. The van der Waals surface area contributed by atoms with Gasteiger partial charge in [-0.15, -0.1) is 12.4 Å². The molecule has 9 heteroatoms. The Hall–Kier alpha value is -1.70. The summed E-state index contributed by atoms with van der Waals surface area (Å²) >= 11 is 0. The van der Waals surface area contributed by atoms with E-state index in [-0.39, 0.29) is 30.6 Å². The molecule has 0 aliphatic rings. The van der Waals surface area contributed by atoms with Crippen LogP contribution in [-0.4, -0.2) is 19.6 Å². The summed E-state index contributed by atoms with van der Waals surface area (Å²) in [5.74, 6) is 0.678. The Morgan fingerprint density at radius 2 is 2.00 bits per heavy atom. The molecule has 0 aliphatic carbocycles. The number of halogens is 4. The Morgan fingerprint density at radius 3 is 2.57 bits per heavy atom. The minimum absolute atomic E-state index is 0.